The zero-order chi connectivity index (χ0) is 13.0. The van der Waals surface area contributed by atoms with E-state index in [9.17, 15) is 9.90 Å². The molecule has 2 atom stereocenters. The monoisotopic (exact) mass is 311 g/mol. The van der Waals surface area contributed by atoms with Crippen molar-refractivity contribution in [2.24, 2.45) is 5.92 Å². The van der Waals surface area contributed by atoms with Crippen LogP contribution in [0.15, 0.2) is 28.7 Å². The molecule has 4 heteroatoms. The van der Waals surface area contributed by atoms with Gasteiger partial charge in [0.25, 0.3) is 0 Å². The van der Waals surface area contributed by atoms with Crippen molar-refractivity contribution >= 4 is 21.9 Å². The molecule has 0 aromatic heterocycles. The summed E-state index contributed by atoms with van der Waals surface area (Å²) in [5.74, 6) is -0.896. The molecule has 98 valence electrons. The lowest BCUT2D eigenvalue weighted by atomic mass is 9.84. The van der Waals surface area contributed by atoms with Gasteiger partial charge in [0, 0.05) is 17.1 Å². The molecule has 1 saturated carbocycles. The van der Waals surface area contributed by atoms with Crippen molar-refractivity contribution in [1.82, 2.24) is 5.32 Å². The van der Waals surface area contributed by atoms with Gasteiger partial charge < -0.3 is 10.4 Å². The molecule has 1 aliphatic rings. The quantitative estimate of drug-likeness (QED) is 0.898. The van der Waals surface area contributed by atoms with Gasteiger partial charge in [0.15, 0.2) is 0 Å². The number of hydrogen-bond donors (Lipinski definition) is 2. The van der Waals surface area contributed by atoms with E-state index < -0.39 is 5.97 Å². The van der Waals surface area contributed by atoms with E-state index in [1.807, 2.05) is 12.1 Å². The average Bonchev–Trinajstić information content (AvgIpc) is 2.37. The number of carboxylic acids is 1. The minimum atomic E-state index is -0.665. The molecule has 3 nitrogen and oxygen atoms in total. The van der Waals surface area contributed by atoms with Crippen molar-refractivity contribution in [3.63, 3.8) is 0 Å². The largest absolute Gasteiger partial charge is 0.481 e. The summed E-state index contributed by atoms with van der Waals surface area (Å²) in [6, 6.07) is 8.21. The molecule has 1 aliphatic carbocycles. The minimum absolute atomic E-state index is 0.107. The van der Waals surface area contributed by atoms with Crippen molar-refractivity contribution < 1.29 is 9.90 Å². The highest BCUT2D eigenvalue weighted by atomic mass is 79.9. The van der Waals surface area contributed by atoms with Gasteiger partial charge in [-0.1, -0.05) is 40.9 Å². The predicted octanol–water partition coefficient (Wildman–Crippen LogP) is 3.18. The number of aliphatic carboxylic acids is 1. The highest BCUT2D eigenvalue weighted by Crippen LogP contribution is 2.25. The normalized spacial score (nSPS) is 23.8. The minimum Gasteiger partial charge on any atom is -0.481 e. The Bertz CT molecular complexity index is 422. The van der Waals surface area contributed by atoms with E-state index in [-0.39, 0.29) is 12.0 Å². The smallest absolute Gasteiger partial charge is 0.308 e. The van der Waals surface area contributed by atoms with E-state index in [1.165, 1.54) is 5.56 Å². The Morgan fingerprint density at radius 2 is 2.17 bits per heavy atom. The van der Waals surface area contributed by atoms with Crippen LogP contribution in [0.5, 0.6) is 0 Å². The molecule has 0 amide bonds. The molecule has 0 heterocycles. The van der Waals surface area contributed by atoms with Crippen molar-refractivity contribution in [2.45, 2.75) is 38.3 Å². The highest BCUT2D eigenvalue weighted by molar-refractivity contribution is 9.10. The maximum Gasteiger partial charge on any atom is 0.308 e. The lowest BCUT2D eigenvalue weighted by Crippen LogP contribution is -2.41. The second kappa shape index (κ2) is 6.34. The van der Waals surface area contributed by atoms with Crippen LogP contribution in [0.4, 0.5) is 0 Å². The first-order valence-corrected chi connectivity index (χ1v) is 7.17. The second-order valence-electron chi connectivity index (χ2n) is 4.85. The molecular weight excluding hydrogens is 294 g/mol. The first-order valence-electron chi connectivity index (χ1n) is 6.37. The van der Waals surface area contributed by atoms with Crippen LogP contribution in [-0.2, 0) is 11.3 Å². The first kappa shape index (κ1) is 13.6. The molecule has 1 fully saturated rings. The molecule has 0 unspecified atom stereocenters. The van der Waals surface area contributed by atoms with Crippen LogP contribution in [0.3, 0.4) is 0 Å². The molecule has 0 radical (unpaired) electrons. The lowest BCUT2D eigenvalue weighted by molar-refractivity contribution is -0.143. The standard InChI is InChI=1S/C14H18BrNO2/c15-11-5-3-4-10(8-11)9-16-13-7-2-1-6-12(13)14(17)18/h3-5,8,12-13,16H,1-2,6-7,9H2,(H,17,18)/t12-,13+/m0/s1. The molecular formula is C14H18BrNO2. The van der Waals surface area contributed by atoms with Crippen LogP contribution < -0.4 is 5.32 Å². The summed E-state index contributed by atoms with van der Waals surface area (Å²) < 4.78 is 1.06. The maximum atomic E-state index is 11.2. The Labute approximate surface area is 116 Å². The number of nitrogens with one attached hydrogen (secondary N) is 1. The molecule has 18 heavy (non-hydrogen) atoms. The summed E-state index contributed by atoms with van der Waals surface area (Å²) in [6.45, 7) is 0.730. The topological polar surface area (TPSA) is 49.3 Å². The fraction of sp³-hybridized carbons (Fsp3) is 0.500. The van der Waals surface area contributed by atoms with E-state index in [1.54, 1.807) is 0 Å². The van der Waals surface area contributed by atoms with Gasteiger partial charge in [-0.3, -0.25) is 4.79 Å². The molecule has 2 rings (SSSR count). The fourth-order valence-corrected chi connectivity index (χ4v) is 3.01. The van der Waals surface area contributed by atoms with Crippen LogP contribution in [-0.4, -0.2) is 17.1 Å². The van der Waals surface area contributed by atoms with Crippen molar-refractivity contribution in [2.75, 3.05) is 0 Å². The molecule has 0 saturated heterocycles. The molecule has 2 N–H and O–H groups in total. The Kier molecular flexibility index (Phi) is 4.78. The highest BCUT2D eigenvalue weighted by Gasteiger charge is 2.30. The number of carboxylic acid groups (broad SMARTS) is 1. The fourth-order valence-electron chi connectivity index (χ4n) is 2.57. The second-order valence-corrected chi connectivity index (χ2v) is 5.76. The lowest BCUT2D eigenvalue weighted by Gasteiger charge is -2.29. The number of halogens is 1. The summed E-state index contributed by atoms with van der Waals surface area (Å²) in [5, 5.41) is 12.6. The third kappa shape index (κ3) is 3.56. The first-order chi connectivity index (χ1) is 8.66. The molecule has 1 aromatic rings. The van der Waals surface area contributed by atoms with E-state index in [0.717, 1.165) is 36.7 Å². The summed E-state index contributed by atoms with van der Waals surface area (Å²) in [5.41, 5.74) is 1.18. The molecule has 0 spiro atoms. The Morgan fingerprint density at radius 3 is 2.89 bits per heavy atom. The van der Waals surface area contributed by atoms with Gasteiger partial charge in [0.2, 0.25) is 0 Å². The van der Waals surface area contributed by atoms with Gasteiger partial charge >= 0.3 is 5.97 Å². The number of rotatable bonds is 4. The number of hydrogen-bond acceptors (Lipinski definition) is 2. The van der Waals surface area contributed by atoms with Gasteiger partial charge in [-0.15, -0.1) is 0 Å². The zero-order valence-corrected chi connectivity index (χ0v) is 11.8. The van der Waals surface area contributed by atoms with Gasteiger partial charge in [-0.05, 0) is 30.5 Å². The van der Waals surface area contributed by atoms with Crippen LogP contribution >= 0.6 is 15.9 Å². The zero-order valence-electron chi connectivity index (χ0n) is 10.2. The molecule has 1 aromatic carbocycles. The number of carbonyl (C=O) groups is 1. The summed E-state index contributed by atoms with van der Waals surface area (Å²) in [4.78, 5) is 11.2. The molecule has 0 bridgehead atoms. The van der Waals surface area contributed by atoms with Gasteiger partial charge in [0.1, 0.15) is 0 Å². The van der Waals surface area contributed by atoms with Crippen LogP contribution in [0, 0.1) is 5.92 Å². The SMILES string of the molecule is O=C(O)[C@H]1CCCC[C@H]1NCc1cccc(Br)c1. The van der Waals surface area contributed by atoms with E-state index >= 15 is 0 Å². The van der Waals surface area contributed by atoms with Gasteiger partial charge in [-0.25, -0.2) is 0 Å². The third-order valence-corrected chi connectivity index (χ3v) is 4.03. The van der Waals surface area contributed by atoms with E-state index in [0.29, 0.717) is 0 Å². The predicted molar refractivity (Wildman–Crippen MR) is 74.4 cm³/mol. The van der Waals surface area contributed by atoms with Crippen molar-refractivity contribution in [3.8, 4) is 0 Å². The Morgan fingerprint density at radius 1 is 1.39 bits per heavy atom. The molecule has 0 aliphatic heterocycles. The van der Waals surface area contributed by atoms with E-state index in [2.05, 4.69) is 33.4 Å². The maximum absolute atomic E-state index is 11.2. The Balaban J connectivity index is 1.93. The van der Waals surface area contributed by atoms with Crippen LogP contribution in [0.25, 0.3) is 0 Å². The third-order valence-electron chi connectivity index (χ3n) is 3.54. The Hall–Kier alpha value is -0.870. The van der Waals surface area contributed by atoms with Crippen molar-refractivity contribution in [3.05, 3.63) is 34.3 Å². The summed E-state index contributed by atoms with van der Waals surface area (Å²) in [6.07, 6.45) is 3.92. The van der Waals surface area contributed by atoms with Gasteiger partial charge in [0.05, 0.1) is 5.92 Å². The summed E-state index contributed by atoms with van der Waals surface area (Å²) in [7, 11) is 0. The summed E-state index contributed by atoms with van der Waals surface area (Å²) >= 11 is 3.44. The average molecular weight is 312 g/mol. The van der Waals surface area contributed by atoms with E-state index in [4.69, 9.17) is 0 Å². The van der Waals surface area contributed by atoms with Gasteiger partial charge in [-0.2, -0.15) is 0 Å². The number of benzene rings is 1. The van der Waals surface area contributed by atoms with Crippen LogP contribution in [0.1, 0.15) is 31.2 Å². The van der Waals surface area contributed by atoms with Crippen LogP contribution in [0.2, 0.25) is 0 Å². The van der Waals surface area contributed by atoms with Crippen molar-refractivity contribution in [1.29, 1.82) is 0 Å².